The molecular formula is C13H10BrClO3S2. The molecule has 0 aliphatic rings. The minimum absolute atomic E-state index is 0.129. The van der Waals surface area contributed by atoms with Crippen LogP contribution in [0.15, 0.2) is 45.8 Å². The number of carbonyl (C=O) groups excluding carboxylic acids is 1. The normalized spacial score (nSPS) is 13.2. The zero-order chi connectivity index (χ0) is 14.9. The van der Waals surface area contributed by atoms with E-state index in [1.54, 1.807) is 24.3 Å². The van der Waals surface area contributed by atoms with Gasteiger partial charge in [0, 0.05) is 4.47 Å². The summed E-state index contributed by atoms with van der Waals surface area (Å²) >= 11 is 10.1. The van der Waals surface area contributed by atoms with Crippen LogP contribution in [0.1, 0.15) is 16.6 Å². The summed E-state index contributed by atoms with van der Waals surface area (Å²) in [6, 6.07) is 9.34. The molecule has 0 aliphatic carbocycles. The highest BCUT2D eigenvalue weighted by molar-refractivity contribution is 9.10. The van der Waals surface area contributed by atoms with Crippen LogP contribution in [0.5, 0.6) is 0 Å². The molecule has 0 saturated heterocycles. The van der Waals surface area contributed by atoms with Gasteiger partial charge in [-0.1, -0.05) is 27.5 Å². The molecule has 1 heterocycles. The number of thiophene rings is 1. The van der Waals surface area contributed by atoms with E-state index in [1.165, 1.54) is 19.1 Å². The van der Waals surface area contributed by atoms with Gasteiger partial charge in [-0.3, -0.25) is 4.79 Å². The molecule has 106 valence electrons. The fraction of sp³-hybridized carbons (Fsp3) is 0.154. The lowest BCUT2D eigenvalue weighted by Gasteiger charge is -2.11. The Morgan fingerprint density at radius 2 is 1.80 bits per heavy atom. The first-order valence-electron chi connectivity index (χ1n) is 5.61. The average molecular weight is 394 g/mol. The summed E-state index contributed by atoms with van der Waals surface area (Å²) in [6.07, 6.45) is 0. The predicted molar refractivity (Wildman–Crippen MR) is 84.4 cm³/mol. The first-order valence-corrected chi connectivity index (χ1v) is 9.15. The maximum Gasteiger partial charge on any atom is 0.191 e. The van der Waals surface area contributed by atoms with Gasteiger partial charge in [-0.25, -0.2) is 8.42 Å². The quantitative estimate of drug-likeness (QED) is 0.731. The van der Waals surface area contributed by atoms with E-state index in [-0.39, 0.29) is 4.90 Å². The largest absolute Gasteiger partial charge is 0.292 e. The summed E-state index contributed by atoms with van der Waals surface area (Å²) in [4.78, 5) is 12.7. The SMILES string of the molecule is CC(C(=O)c1ccc(Cl)s1)S(=O)(=O)c1ccc(Br)cc1. The Labute approximate surface area is 134 Å². The maximum absolute atomic E-state index is 12.4. The van der Waals surface area contributed by atoms with Crippen LogP contribution in [0.25, 0.3) is 0 Å². The van der Waals surface area contributed by atoms with Gasteiger partial charge in [0.15, 0.2) is 15.6 Å². The van der Waals surface area contributed by atoms with E-state index in [9.17, 15) is 13.2 Å². The minimum atomic E-state index is -3.70. The highest BCUT2D eigenvalue weighted by atomic mass is 79.9. The Morgan fingerprint density at radius 3 is 2.30 bits per heavy atom. The molecule has 0 fully saturated rings. The first-order chi connectivity index (χ1) is 9.32. The third kappa shape index (κ3) is 3.14. The van der Waals surface area contributed by atoms with Crippen molar-refractivity contribution in [3.8, 4) is 0 Å². The molecule has 0 saturated carbocycles. The van der Waals surface area contributed by atoms with E-state index in [2.05, 4.69) is 15.9 Å². The van der Waals surface area contributed by atoms with Gasteiger partial charge in [0.25, 0.3) is 0 Å². The molecule has 1 aromatic carbocycles. The molecule has 20 heavy (non-hydrogen) atoms. The van der Waals surface area contributed by atoms with E-state index >= 15 is 0 Å². The van der Waals surface area contributed by atoms with Crippen molar-refractivity contribution in [3.63, 3.8) is 0 Å². The van der Waals surface area contributed by atoms with Crippen LogP contribution in [-0.4, -0.2) is 19.5 Å². The lowest BCUT2D eigenvalue weighted by molar-refractivity contribution is 0.0995. The number of benzene rings is 1. The Bertz CT molecular complexity index is 735. The third-order valence-electron chi connectivity index (χ3n) is 2.79. The Balaban J connectivity index is 2.34. The number of hydrogen-bond donors (Lipinski definition) is 0. The van der Waals surface area contributed by atoms with Crippen LogP contribution < -0.4 is 0 Å². The summed E-state index contributed by atoms with van der Waals surface area (Å²) in [7, 11) is -3.70. The fourth-order valence-electron chi connectivity index (χ4n) is 1.62. The number of halogens is 2. The number of Topliss-reactive ketones (excluding diaryl/α,β-unsaturated/α-hetero) is 1. The summed E-state index contributed by atoms with van der Waals surface area (Å²) in [5.74, 6) is -0.440. The van der Waals surface area contributed by atoms with Gasteiger partial charge in [0.1, 0.15) is 5.25 Å². The number of carbonyl (C=O) groups is 1. The van der Waals surface area contributed by atoms with E-state index in [0.717, 1.165) is 15.8 Å². The molecule has 0 aliphatic heterocycles. The molecule has 0 radical (unpaired) electrons. The van der Waals surface area contributed by atoms with E-state index < -0.39 is 20.9 Å². The van der Waals surface area contributed by atoms with Gasteiger partial charge >= 0.3 is 0 Å². The standard InChI is InChI=1S/C13H10BrClO3S2/c1-8(13(16)11-6-7-12(15)19-11)20(17,18)10-4-2-9(14)3-5-10/h2-8H,1H3. The maximum atomic E-state index is 12.4. The lowest BCUT2D eigenvalue weighted by Crippen LogP contribution is -2.26. The highest BCUT2D eigenvalue weighted by Crippen LogP contribution is 2.26. The summed E-state index contributed by atoms with van der Waals surface area (Å²) in [5.41, 5.74) is 0. The van der Waals surface area contributed by atoms with Crippen molar-refractivity contribution in [1.82, 2.24) is 0 Å². The second-order valence-corrected chi connectivity index (χ2v) is 9.01. The molecule has 3 nitrogen and oxygen atoms in total. The van der Waals surface area contributed by atoms with E-state index in [1.807, 2.05) is 0 Å². The lowest BCUT2D eigenvalue weighted by atomic mass is 10.2. The fourth-order valence-corrected chi connectivity index (χ4v) is 4.36. The van der Waals surface area contributed by atoms with Crippen LogP contribution in [0.2, 0.25) is 4.34 Å². The minimum Gasteiger partial charge on any atom is -0.292 e. The van der Waals surface area contributed by atoms with Crippen LogP contribution in [0.4, 0.5) is 0 Å². The van der Waals surface area contributed by atoms with Crippen LogP contribution in [0.3, 0.4) is 0 Å². The highest BCUT2D eigenvalue weighted by Gasteiger charge is 2.31. The molecule has 0 amide bonds. The van der Waals surface area contributed by atoms with Crippen molar-refractivity contribution < 1.29 is 13.2 Å². The Kier molecular flexibility index (Phi) is 4.69. The van der Waals surface area contributed by atoms with Gasteiger partial charge < -0.3 is 0 Å². The van der Waals surface area contributed by atoms with Gasteiger partial charge in [0.2, 0.25) is 0 Å². The van der Waals surface area contributed by atoms with Crippen LogP contribution >= 0.6 is 38.9 Å². The van der Waals surface area contributed by atoms with Gasteiger partial charge in [-0.15, -0.1) is 11.3 Å². The van der Waals surface area contributed by atoms with Crippen molar-refractivity contribution in [1.29, 1.82) is 0 Å². The molecule has 0 bridgehead atoms. The van der Waals surface area contributed by atoms with Gasteiger partial charge in [0.05, 0.1) is 14.1 Å². The van der Waals surface area contributed by atoms with E-state index in [0.29, 0.717) is 9.21 Å². The topological polar surface area (TPSA) is 51.2 Å². The van der Waals surface area contributed by atoms with E-state index in [4.69, 9.17) is 11.6 Å². The summed E-state index contributed by atoms with van der Waals surface area (Å²) in [6.45, 7) is 1.40. The molecule has 1 atom stereocenters. The molecule has 7 heteroatoms. The second-order valence-electron chi connectivity index (χ2n) is 4.11. The smallest absolute Gasteiger partial charge is 0.191 e. The Morgan fingerprint density at radius 1 is 1.20 bits per heavy atom. The van der Waals surface area contributed by atoms with Crippen LogP contribution in [-0.2, 0) is 9.84 Å². The van der Waals surface area contributed by atoms with Crippen molar-refractivity contribution in [3.05, 3.63) is 50.1 Å². The predicted octanol–water partition coefficient (Wildman–Crippen LogP) is 4.21. The van der Waals surface area contributed by atoms with Crippen molar-refractivity contribution in [2.24, 2.45) is 0 Å². The molecule has 2 aromatic rings. The molecule has 0 spiro atoms. The molecular weight excluding hydrogens is 384 g/mol. The molecule has 1 unspecified atom stereocenters. The Hall–Kier alpha value is -0.690. The zero-order valence-corrected chi connectivity index (χ0v) is 14.3. The van der Waals surface area contributed by atoms with Gasteiger partial charge in [-0.05, 0) is 43.3 Å². The van der Waals surface area contributed by atoms with Crippen molar-refractivity contribution in [2.45, 2.75) is 17.1 Å². The number of hydrogen-bond acceptors (Lipinski definition) is 4. The number of sulfone groups is 1. The van der Waals surface area contributed by atoms with Crippen molar-refractivity contribution >= 4 is 54.5 Å². The second kappa shape index (κ2) is 5.97. The summed E-state index contributed by atoms with van der Waals surface area (Å²) in [5, 5.41) is -1.14. The first kappa shape index (κ1) is 15.7. The van der Waals surface area contributed by atoms with Crippen LogP contribution in [0, 0.1) is 0 Å². The number of ketones is 1. The monoisotopic (exact) mass is 392 g/mol. The van der Waals surface area contributed by atoms with Crippen molar-refractivity contribution in [2.75, 3.05) is 0 Å². The third-order valence-corrected chi connectivity index (χ3v) is 6.64. The molecule has 2 rings (SSSR count). The zero-order valence-electron chi connectivity index (χ0n) is 10.3. The average Bonchev–Trinajstić information content (AvgIpc) is 2.84. The molecule has 0 N–H and O–H groups in total. The summed E-state index contributed by atoms with van der Waals surface area (Å²) < 4.78 is 26.0. The van der Waals surface area contributed by atoms with Gasteiger partial charge in [-0.2, -0.15) is 0 Å². The molecule has 1 aromatic heterocycles. The number of rotatable bonds is 4.